The molecule has 2 rings (SSSR count). The van der Waals surface area contributed by atoms with Crippen LogP contribution in [-0.4, -0.2) is 22.0 Å². The molecule has 0 aliphatic rings. The first-order valence-electron chi connectivity index (χ1n) is 5.29. The number of rotatable bonds is 4. The Kier molecular flexibility index (Phi) is 3.35. The van der Waals surface area contributed by atoms with Crippen LogP contribution in [0.1, 0.15) is 10.4 Å². The molecule has 1 aromatic carbocycles. The van der Waals surface area contributed by atoms with E-state index in [1.807, 2.05) is 22.9 Å². The Morgan fingerprint density at radius 3 is 2.76 bits per heavy atom. The van der Waals surface area contributed by atoms with Crippen LogP contribution < -0.4 is 5.32 Å². The van der Waals surface area contributed by atoms with Crippen molar-refractivity contribution in [3.05, 3.63) is 61.2 Å². The van der Waals surface area contributed by atoms with E-state index in [-0.39, 0.29) is 5.91 Å². The molecule has 4 heteroatoms. The Morgan fingerprint density at radius 1 is 1.41 bits per heavy atom. The van der Waals surface area contributed by atoms with Crippen LogP contribution in [0.25, 0.3) is 5.69 Å². The van der Waals surface area contributed by atoms with E-state index in [1.54, 1.807) is 30.7 Å². The molecule has 0 bridgehead atoms. The van der Waals surface area contributed by atoms with Crippen molar-refractivity contribution in [3.63, 3.8) is 0 Å². The quantitative estimate of drug-likeness (QED) is 0.809. The number of amides is 1. The van der Waals surface area contributed by atoms with E-state index in [9.17, 15) is 4.79 Å². The van der Waals surface area contributed by atoms with Gasteiger partial charge >= 0.3 is 0 Å². The van der Waals surface area contributed by atoms with Crippen molar-refractivity contribution < 1.29 is 4.79 Å². The third-order valence-corrected chi connectivity index (χ3v) is 2.34. The molecule has 0 fully saturated rings. The van der Waals surface area contributed by atoms with Gasteiger partial charge in [0.25, 0.3) is 5.91 Å². The topological polar surface area (TPSA) is 46.9 Å². The Bertz CT molecular complexity index is 500. The first-order chi connectivity index (χ1) is 8.31. The summed E-state index contributed by atoms with van der Waals surface area (Å²) < 4.78 is 1.88. The fourth-order valence-electron chi connectivity index (χ4n) is 1.46. The first-order valence-corrected chi connectivity index (χ1v) is 5.29. The van der Waals surface area contributed by atoms with Crippen molar-refractivity contribution >= 4 is 5.91 Å². The van der Waals surface area contributed by atoms with Crippen LogP contribution in [0.15, 0.2) is 55.6 Å². The van der Waals surface area contributed by atoms with Gasteiger partial charge in [-0.15, -0.1) is 6.58 Å². The van der Waals surface area contributed by atoms with Gasteiger partial charge in [0.2, 0.25) is 0 Å². The normalized spacial score (nSPS) is 9.88. The van der Waals surface area contributed by atoms with Crippen molar-refractivity contribution in [2.75, 3.05) is 6.54 Å². The molecule has 1 N–H and O–H groups in total. The maximum Gasteiger partial charge on any atom is 0.251 e. The van der Waals surface area contributed by atoms with E-state index in [0.29, 0.717) is 12.1 Å². The number of carbonyl (C=O) groups excluding carboxylic acids is 1. The van der Waals surface area contributed by atoms with Gasteiger partial charge in [-0.2, -0.15) is 0 Å². The van der Waals surface area contributed by atoms with Crippen LogP contribution in [0, 0.1) is 0 Å². The summed E-state index contributed by atoms with van der Waals surface area (Å²) in [7, 11) is 0. The summed E-state index contributed by atoms with van der Waals surface area (Å²) in [6.45, 7) is 4.02. The zero-order valence-corrected chi connectivity index (χ0v) is 9.34. The van der Waals surface area contributed by atoms with E-state index in [4.69, 9.17) is 0 Å². The van der Waals surface area contributed by atoms with Crippen molar-refractivity contribution in [2.45, 2.75) is 0 Å². The van der Waals surface area contributed by atoms with E-state index in [0.717, 1.165) is 5.69 Å². The molecule has 17 heavy (non-hydrogen) atoms. The van der Waals surface area contributed by atoms with Gasteiger partial charge in [0.1, 0.15) is 0 Å². The molecule has 1 aromatic heterocycles. The number of benzene rings is 1. The zero-order valence-electron chi connectivity index (χ0n) is 9.34. The van der Waals surface area contributed by atoms with Crippen molar-refractivity contribution in [1.29, 1.82) is 0 Å². The molecule has 0 saturated carbocycles. The van der Waals surface area contributed by atoms with Crippen molar-refractivity contribution in [2.24, 2.45) is 0 Å². The predicted octanol–water partition coefficient (Wildman–Crippen LogP) is 1.79. The van der Waals surface area contributed by atoms with Crippen LogP contribution in [0.2, 0.25) is 0 Å². The van der Waals surface area contributed by atoms with E-state index in [2.05, 4.69) is 16.9 Å². The fourth-order valence-corrected chi connectivity index (χ4v) is 1.46. The minimum absolute atomic E-state index is 0.0953. The molecule has 86 valence electrons. The average molecular weight is 227 g/mol. The zero-order chi connectivity index (χ0) is 12.1. The number of imidazole rings is 1. The highest BCUT2D eigenvalue weighted by Crippen LogP contribution is 2.09. The molecule has 0 atom stereocenters. The Balaban J connectivity index is 2.13. The van der Waals surface area contributed by atoms with Crippen LogP contribution >= 0.6 is 0 Å². The molecule has 0 saturated heterocycles. The summed E-state index contributed by atoms with van der Waals surface area (Å²) in [5, 5.41) is 2.73. The Hall–Kier alpha value is -2.36. The largest absolute Gasteiger partial charge is 0.349 e. The molecule has 2 aromatic rings. The third-order valence-electron chi connectivity index (χ3n) is 2.34. The van der Waals surface area contributed by atoms with Crippen LogP contribution in [0.5, 0.6) is 0 Å². The van der Waals surface area contributed by atoms with Crippen LogP contribution in [-0.2, 0) is 0 Å². The number of carbonyl (C=O) groups is 1. The molecular formula is C13H13N3O. The SMILES string of the molecule is C=CCNC(=O)c1ccc(-n2ccnc2)cc1. The summed E-state index contributed by atoms with van der Waals surface area (Å²) in [6.07, 6.45) is 6.93. The lowest BCUT2D eigenvalue weighted by Crippen LogP contribution is -2.23. The number of hydrogen-bond acceptors (Lipinski definition) is 2. The first kappa shape index (κ1) is 11.1. The average Bonchev–Trinajstić information content (AvgIpc) is 2.90. The highest BCUT2D eigenvalue weighted by Gasteiger charge is 2.03. The molecule has 0 spiro atoms. The lowest BCUT2D eigenvalue weighted by molar-refractivity contribution is 0.0958. The standard InChI is InChI=1S/C13H13N3O/c1-2-7-15-13(17)11-3-5-12(6-4-11)16-9-8-14-10-16/h2-6,8-10H,1,7H2,(H,15,17). The van der Waals surface area contributed by atoms with Gasteiger partial charge in [-0.1, -0.05) is 6.08 Å². The second-order valence-corrected chi connectivity index (χ2v) is 3.52. The maximum absolute atomic E-state index is 11.6. The monoisotopic (exact) mass is 227 g/mol. The summed E-state index contributed by atoms with van der Waals surface area (Å²) in [6, 6.07) is 7.33. The third kappa shape index (κ3) is 2.60. The van der Waals surface area contributed by atoms with E-state index >= 15 is 0 Å². The van der Waals surface area contributed by atoms with Gasteiger partial charge in [0.05, 0.1) is 6.33 Å². The number of nitrogens with one attached hydrogen (secondary N) is 1. The van der Waals surface area contributed by atoms with Gasteiger partial charge in [0.15, 0.2) is 0 Å². The maximum atomic E-state index is 11.6. The lowest BCUT2D eigenvalue weighted by atomic mass is 10.2. The molecule has 1 amide bonds. The van der Waals surface area contributed by atoms with Crippen LogP contribution in [0.4, 0.5) is 0 Å². The minimum Gasteiger partial charge on any atom is -0.349 e. The predicted molar refractivity (Wildman–Crippen MR) is 66.1 cm³/mol. The van der Waals surface area contributed by atoms with Gasteiger partial charge < -0.3 is 9.88 Å². The summed E-state index contributed by atoms with van der Waals surface area (Å²) in [4.78, 5) is 15.6. The molecule has 1 heterocycles. The molecule has 0 unspecified atom stereocenters. The lowest BCUT2D eigenvalue weighted by Gasteiger charge is -2.04. The molecular weight excluding hydrogens is 214 g/mol. The highest BCUT2D eigenvalue weighted by molar-refractivity contribution is 5.94. The molecule has 0 aliphatic heterocycles. The van der Waals surface area contributed by atoms with E-state index in [1.165, 1.54) is 0 Å². The number of aromatic nitrogens is 2. The van der Waals surface area contributed by atoms with Gasteiger partial charge in [-0.3, -0.25) is 4.79 Å². The smallest absolute Gasteiger partial charge is 0.251 e. The Morgan fingerprint density at radius 2 is 2.18 bits per heavy atom. The van der Waals surface area contributed by atoms with Gasteiger partial charge in [-0.25, -0.2) is 4.98 Å². The fraction of sp³-hybridized carbons (Fsp3) is 0.0769. The second kappa shape index (κ2) is 5.12. The Labute approximate surface area is 99.6 Å². The number of nitrogens with zero attached hydrogens (tertiary/aromatic N) is 2. The van der Waals surface area contributed by atoms with Crippen molar-refractivity contribution in [1.82, 2.24) is 14.9 Å². The van der Waals surface area contributed by atoms with Gasteiger partial charge in [-0.05, 0) is 24.3 Å². The summed E-state index contributed by atoms with van der Waals surface area (Å²) in [5.41, 5.74) is 1.61. The highest BCUT2D eigenvalue weighted by atomic mass is 16.1. The van der Waals surface area contributed by atoms with Crippen molar-refractivity contribution in [3.8, 4) is 5.69 Å². The van der Waals surface area contributed by atoms with E-state index < -0.39 is 0 Å². The minimum atomic E-state index is -0.0953. The summed E-state index contributed by atoms with van der Waals surface area (Å²) in [5.74, 6) is -0.0953. The second-order valence-electron chi connectivity index (χ2n) is 3.52. The molecule has 0 radical (unpaired) electrons. The number of hydrogen-bond donors (Lipinski definition) is 1. The summed E-state index contributed by atoms with van der Waals surface area (Å²) >= 11 is 0. The van der Waals surface area contributed by atoms with Crippen LogP contribution in [0.3, 0.4) is 0 Å². The van der Waals surface area contributed by atoms with Gasteiger partial charge in [0, 0.05) is 30.2 Å². The molecule has 4 nitrogen and oxygen atoms in total. The molecule has 0 aliphatic carbocycles.